The average Bonchev–Trinajstić information content (AvgIpc) is 2.56. The van der Waals surface area contributed by atoms with Crippen molar-refractivity contribution in [3.8, 4) is 0 Å². The average molecular weight is 273 g/mol. The van der Waals surface area contributed by atoms with Gasteiger partial charge in [-0.2, -0.15) is 0 Å². The van der Waals surface area contributed by atoms with Gasteiger partial charge in [0.05, 0.1) is 0 Å². The zero-order chi connectivity index (χ0) is 14.7. The molecule has 1 aliphatic rings. The highest BCUT2D eigenvalue weighted by molar-refractivity contribution is 6.79. The lowest BCUT2D eigenvalue weighted by Gasteiger charge is -2.23. The number of hydrogen-bond acceptors (Lipinski definition) is 1. The van der Waals surface area contributed by atoms with E-state index in [2.05, 4.69) is 97.8 Å². The second-order valence-corrected chi connectivity index (χ2v) is 5.72. The van der Waals surface area contributed by atoms with Crippen LogP contribution in [0.25, 0.3) is 0 Å². The number of nitrogens with zero attached hydrogens (tertiary/aromatic N) is 1. The van der Waals surface area contributed by atoms with Crippen molar-refractivity contribution in [1.82, 2.24) is 0 Å². The maximum absolute atomic E-state index is 2.31. The molecule has 1 aliphatic heterocycles. The van der Waals surface area contributed by atoms with Gasteiger partial charge in [-0.15, -0.1) is 5.98 Å². The van der Waals surface area contributed by atoms with Crippen molar-refractivity contribution < 1.29 is 0 Å². The molecular weight excluding hydrogens is 253 g/mol. The maximum atomic E-state index is 2.31. The Labute approximate surface area is 127 Å². The van der Waals surface area contributed by atoms with E-state index in [1.165, 1.54) is 16.7 Å². The molecule has 0 aliphatic carbocycles. The van der Waals surface area contributed by atoms with Crippen molar-refractivity contribution in [3.63, 3.8) is 0 Å². The first-order valence-corrected chi connectivity index (χ1v) is 7.43. The van der Waals surface area contributed by atoms with Crippen LogP contribution < -0.4 is 10.4 Å². The molecular formula is C19H20BN. The van der Waals surface area contributed by atoms with Crippen LogP contribution in [0.2, 0.25) is 0 Å². The third-order valence-electron chi connectivity index (χ3n) is 4.11. The summed E-state index contributed by atoms with van der Waals surface area (Å²) in [5.74, 6) is 2.73. The van der Waals surface area contributed by atoms with Gasteiger partial charge in [-0.3, -0.25) is 0 Å². The van der Waals surface area contributed by atoms with E-state index in [9.17, 15) is 0 Å². The second-order valence-electron chi connectivity index (χ2n) is 5.72. The number of hydrogen-bond donors (Lipinski definition) is 0. The monoisotopic (exact) mass is 273 g/mol. The van der Waals surface area contributed by atoms with Gasteiger partial charge < -0.3 is 4.90 Å². The molecule has 0 saturated carbocycles. The van der Waals surface area contributed by atoms with E-state index in [1.807, 2.05) is 0 Å². The van der Waals surface area contributed by atoms with Gasteiger partial charge in [0.2, 0.25) is 6.71 Å². The first-order chi connectivity index (χ1) is 10.3. The molecule has 2 aromatic carbocycles. The van der Waals surface area contributed by atoms with Gasteiger partial charge in [0.1, 0.15) is 0 Å². The fraction of sp³-hybridized carbons (Fsp3) is 0.158. The molecule has 1 atom stereocenters. The van der Waals surface area contributed by atoms with Crippen LogP contribution in [0, 0.1) is 0 Å². The Morgan fingerprint density at radius 3 is 2.24 bits per heavy atom. The van der Waals surface area contributed by atoms with E-state index in [-0.39, 0.29) is 0 Å². The van der Waals surface area contributed by atoms with Gasteiger partial charge >= 0.3 is 0 Å². The molecule has 2 heteroatoms. The normalized spacial score (nSPS) is 17.0. The van der Waals surface area contributed by atoms with Crippen molar-refractivity contribution >= 4 is 17.9 Å². The molecule has 1 heterocycles. The predicted molar refractivity (Wildman–Crippen MR) is 93.6 cm³/mol. The van der Waals surface area contributed by atoms with E-state index >= 15 is 0 Å². The van der Waals surface area contributed by atoms with Crippen molar-refractivity contribution in [2.45, 2.75) is 5.82 Å². The Bertz CT molecular complexity index is 641. The van der Waals surface area contributed by atoms with Gasteiger partial charge in [-0.05, 0) is 23.5 Å². The minimum atomic E-state index is 0.411. The van der Waals surface area contributed by atoms with Gasteiger partial charge in [-0.1, -0.05) is 66.2 Å². The second kappa shape index (κ2) is 6.05. The molecule has 21 heavy (non-hydrogen) atoms. The highest BCUT2D eigenvalue weighted by Crippen LogP contribution is 2.24. The summed E-state index contributed by atoms with van der Waals surface area (Å²) in [4.78, 5) is 2.13. The topological polar surface area (TPSA) is 3.24 Å². The summed E-state index contributed by atoms with van der Waals surface area (Å²) < 4.78 is 0. The molecule has 0 aromatic heterocycles. The molecule has 0 radical (unpaired) electrons. The summed E-state index contributed by atoms with van der Waals surface area (Å²) >= 11 is 0. The first-order valence-electron chi connectivity index (χ1n) is 7.43. The quantitative estimate of drug-likeness (QED) is 0.774. The molecule has 104 valence electrons. The Morgan fingerprint density at radius 2 is 1.57 bits per heavy atom. The fourth-order valence-corrected chi connectivity index (χ4v) is 2.91. The summed E-state index contributed by atoms with van der Waals surface area (Å²) in [6, 6.07) is 19.6. The molecule has 1 unspecified atom stereocenters. The fourth-order valence-electron chi connectivity index (χ4n) is 2.91. The molecule has 0 fully saturated rings. The van der Waals surface area contributed by atoms with Crippen LogP contribution in [0.1, 0.15) is 11.4 Å². The van der Waals surface area contributed by atoms with E-state index in [1.54, 1.807) is 0 Å². The smallest absolute Gasteiger partial charge is 0.212 e. The largest absolute Gasteiger partial charge is 0.378 e. The van der Waals surface area contributed by atoms with Crippen LogP contribution in [0.3, 0.4) is 0 Å². The highest BCUT2D eigenvalue weighted by Gasteiger charge is 2.25. The Morgan fingerprint density at radius 1 is 0.857 bits per heavy atom. The van der Waals surface area contributed by atoms with Crippen LogP contribution in [-0.2, 0) is 0 Å². The third-order valence-corrected chi connectivity index (χ3v) is 4.11. The van der Waals surface area contributed by atoms with Crippen molar-refractivity contribution in [3.05, 3.63) is 84.4 Å². The molecule has 0 spiro atoms. The molecule has 0 saturated heterocycles. The maximum Gasteiger partial charge on any atom is 0.212 e. The van der Waals surface area contributed by atoms with Crippen molar-refractivity contribution in [2.75, 3.05) is 19.0 Å². The summed E-state index contributed by atoms with van der Waals surface area (Å²) in [6.07, 6.45) is 6.62. The zero-order valence-electron chi connectivity index (χ0n) is 12.6. The van der Waals surface area contributed by atoms with Gasteiger partial charge in [0.25, 0.3) is 0 Å². The minimum Gasteiger partial charge on any atom is -0.378 e. The van der Waals surface area contributed by atoms with Crippen LogP contribution >= 0.6 is 0 Å². The summed E-state index contributed by atoms with van der Waals surface area (Å²) in [5.41, 5.74) is 3.99. The van der Waals surface area contributed by atoms with E-state index in [4.69, 9.17) is 0 Å². The van der Waals surface area contributed by atoms with E-state index in [0.29, 0.717) is 12.5 Å². The molecule has 0 amide bonds. The highest BCUT2D eigenvalue weighted by atomic mass is 15.1. The van der Waals surface area contributed by atoms with Crippen LogP contribution in [0.4, 0.5) is 5.69 Å². The van der Waals surface area contributed by atoms with E-state index in [0.717, 1.165) is 0 Å². The Balaban J connectivity index is 1.92. The van der Waals surface area contributed by atoms with E-state index < -0.39 is 0 Å². The summed E-state index contributed by atoms with van der Waals surface area (Å²) in [5, 5.41) is 0. The minimum absolute atomic E-state index is 0.411. The standard InChI is InChI=1S/C19H20BN/c1-21(2)18-13-11-17(12-14-18)20-15-7-6-10-19(20)16-8-4-3-5-9-16/h3-15,19H,1-2H3. The molecule has 0 N–H and O–H groups in total. The van der Waals surface area contributed by atoms with Crippen LogP contribution in [-0.4, -0.2) is 20.8 Å². The van der Waals surface area contributed by atoms with Crippen molar-refractivity contribution in [2.24, 2.45) is 0 Å². The molecule has 1 nitrogen and oxygen atoms in total. The Kier molecular flexibility index (Phi) is 3.96. The number of allylic oxidation sites excluding steroid dienone is 3. The predicted octanol–water partition coefficient (Wildman–Crippen LogP) is 3.44. The number of rotatable bonds is 3. The molecule has 0 bridgehead atoms. The summed E-state index contributed by atoms with van der Waals surface area (Å²) in [6.45, 7) is 0.411. The zero-order valence-corrected chi connectivity index (χ0v) is 12.6. The number of benzene rings is 2. The lowest BCUT2D eigenvalue weighted by Crippen LogP contribution is -2.35. The van der Waals surface area contributed by atoms with Gasteiger partial charge in [0, 0.05) is 19.8 Å². The van der Waals surface area contributed by atoms with Crippen molar-refractivity contribution in [1.29, 1.82) is 0 Å². The van der Waals surface area contributed by atoms with Gasteiger partial charge in [0.15, 0.2) is 0 Å². The first kappa shape index (κ1) is 13.8. The SMILES string of the molecule is CN(C)c1ccc(B2C=CC=CC2c2ccccc2)cc1. The van der Waals surface area contributed by atoms with Crippen LogP contribution in [0.15, 0.2) is 78.8 Å². The molecule has 3 rings (SSSR count). The lowest BCUT2D eigenvalue weighted by molar-refractivity contribution is 1.13. The molecule has 2 aromatic rings. The van der Waals surface area contributed by atoms with Crippen LogP contribution in [0.5, 0.6) is 0 Å². The number of anilines is 1. The lowest BCUT2D eigenvalue weighted by atomic mass is 9.35. The Hall–Kier alpha value is -2.22. The third kappa shape index (κ3) is 2.95. The summed E-state index contributed by atoms with van der Waals surface area (Å²) in [7, 11) is 4.15. The van der Waals surface area contributed by atoms with Gasteiger partial charge in [-0.25, -0.2) is 0 Å².